The summed E-state index contributed by atoms with van der Waals surface area (Å²) in [6, 6.07) is 4.77. The van der Waals surface area contributed by atoms with Crippen molar-refractivity contribution in [3.8, 4) is 0 Å². The second kappa shape index (κ2) is 8.90. The predicted octanol–water partition coefficient (Wildman–Crippen LogP) is 3.31. The second-order valence-electron chi connectivity index (χ2n) is 5.22. The SMILES string of the molecule is CNCCC1CCN(C(=O)c2c(F)cccc2I)CC1.Cl. The highest BCUT2D eigenvalue weighted by atomic mass is 127. The molecule has 3 nitrogen and oxygen atoms in total. The van der Waals surface area contributed by atoms with Gasteiger partial charge < -0.3 is 10.2 Å². The summed E-state index contributed by atoms with van der Waals surface area (Å²) < 4.78 is 14.5. The summed E-state index contributed by atoms with van der Waals surface area (Å²) in [5, 5.41) is 3.16. The lowest BCUT2D eigenvalue weighted by Gasteiger charge is -2.32. The van der Waals surface area contributed by atoms with Gasteiger partial charge in [0.25, 0.3) is 5.91 Å². The van der Waals surface area contributed by atoms with Crippen LogP contribution in [0.25, 0.3) is 0 Å². The highest BCUT2D eigenvalue weighted by Crippen LogP contribution is 2.24. The van der Waals surface area contributed by atoms with Gasteiger partial charge in [-0.2, -0.15) is 0 Å². The van der Waals surface area contributed by atoms with Gasteiger partial charge in [0.05, 0.1) is 5.56 Å². The molecule has 1 N–H and O–H groups in total. The molecule has 0 spiro atoms. The number of carbonyl (C=O) groups excluding carboxylic acids is 1. The van der Waals surface area contributed by atoms with E-state index in [1.54, 1.807) is 17.0 Å². The Bertz CT molecular complexity index is 458. The average molecular weight is 427 g/mol. The molecule has 0 bridgehead atoms. The number of carbonyl (C=O) groups is 1. The minimum atomic E-state index is -0.417. The van der Waals surface area contributed by atoms with E-state index in [1.165, 1.54) is 6.07 Å². The van der Waals surface area contributed by atoms with Crippen LogP contribution in [0.15, 0.2) is 18.2 Å². The van der Waals surface area contributed by atoms with Gasteiger partial charge in [0, 0.05) is 16.7 Å². The van der Waals surface area contributed by atoms with Crippen LogP contribution in [0, 0.1) is 15.3 Å². The summed E-state index contributed by atoms with van der Waals surface area (Å²) in [6.07, 6.45) is 3.17. The van der Waals surface area contributed by atoms with Gasteiger partial charge in [0.1, 0.15) is 5.82 Å². The lowest BCUT2D eigenvalue weighted by Crippen LogP contribution is -2.39. The number of hydrogen-bond donors (Lipinski definition) is 1. The molecule has 0 aromatic heterocycles. The lowest BCUT2D eigenvalue weighted by atomic mass is 9.93. The van der Waals surface area contributed by atoms with Gasteiger partial charge in [-0.3, -0.25) is 4.79 Å². The molecule has 0 atom stereocenters. The summed E-state index contributed by atoms with van der Waals surface area (Å²) in [7, 11) is 1.96. The number of nitrogens with zero attached hydrogens (tertiary/aromatic N) is 1. The Hall–Kier alpha value is -0.400. The highest BCUT2D eigenvalue weighted by molar-refractivity contribution is 14.1. The summed E-state index contributed by atoms with van der Waals surface area (Å²) in [6.45, 7) is 2.49. The van der Waals surface area contributed by atoms with Crippen LogP contribution in [0.4, 0.5) is 4.39 Å². The topological polar surface area (TPSA) is 32.3 Å². The van der Waals surface area contributed by atoms with Gasteiger partial charge in [-0.15, -0.1) is 12.4 Å². The number of benzene rings is 1. The lowest BCUT2D eigenvalue weighted by molar-refractivity contribution is 0.0681. The molecule has 1 aliphatic rings. The number of likely N-dealkylation sites (tertiary alicyclic amines) is 1. The van der Waals surface area contributed by atoms with Crippen LogP contribution in [-0.4, -0.2) is 37.5 Å². The Morgan fingerprint density at radius 3 is 2.67 bits per heavy atom. The van der Waals surface area contributed by atoms with Gasteiger partial charge >= 0.3 is 0 Å². The number of hydrogen-bond acceptors (Lipinski definition) is 2. The first-order chi connectivity index (χ1) is 9.63. The minimum Gasteiger partial charge on any atom is -0.339 e. The standard InChI is InChI=1S/C15H20FIN2O.ClH/c1-18-8-5-11-6-9-19(10-7-11)15(20)14-12(16)3-2-4-13(14)17;/h2-4,11,18H,5-10H2,1H3;1H. The maximum absolute atomic E-state index is 13.8. The number of halogens is 3. The first-order valence-electron chi connectivity index (χ1n) is 7.01. The monoisotopic (exact) mass is 426 g/mol. The van der Waals surface area contributed by atoms with Crippen LogP contribution in [0.2, 0.25) is 0 Å². The van der Waals surface area contributed by atoms with Crippen LogP contribution in [-0.2, 0) is 0 Å². The van der Waals surface area contributed by atoms with E-state index < -0.39 is 5.82 Å². The van der Waals surface area contributed by atoms with Crippen molar-refractivity contribution in [2.45, 2.75) is 19.3 Å². The molecule has 1 fully saturated rings. The number of rotatable bonds is 4. The maximum atomic E-state index is 13.8. The van der Waals surface area contributed by atoms with Crippen molar-refractivity contribution in [3.05, 3.63) is 33.1 Å². The summed E-state index contributed by atoms with van der Waals surface area (Å²) in [5.74, 6) is 0.0879. The van der Waals surface area contributed by atoms with E-state index >= 15 is 0 Å². The fourth-order valence-electron chi connectivity index (χ4n) is 2.63. The molecule has 0 unspecified atom stereocenters. The van der Waals surface area contributed by atoms with E-state index in [0.717, 1.165) is 38.9 Å². The summed E-state index contributed by atoms with van der Waals surface area (Å²) in [5.41, 5.74) is 0.224. The van der Waals surface area contributed by atoms with Crippen molar-refractivity contribution in [2.75, 3.05) is 26.7 Å². The second-order valence-corrected chi connectivity index (χ2v) is 6.39. The third kappa shape index (κ3) is 4.79. The largest absolute Gasteiger partial charge is 0.339 e. The van der Waals surface area contributed by atoms with E-state index in [1.807, 2.05) is 29.6 Å². The van der Waals surface area contributed by atoms with Crippen LogP contribution < -0.4 is 5.32 Å². The molecular weight excluding hydrogens is 406 g/mol. The molecule has 0 radical (unpaired) electrons. The van der Waals surface area contributed by atoms with E-state index in [-0.39, 0.29) is 23.9 Å². The van der Waals surface area contributed by atoms with Gasteiger partial charge in [-0.1, -0.05) is 6.07 Å². The number of amides is 1. The van der Waals surface area contributed by atoms with Crippen molar-refractivity contribution in [1.82, 2.24) is 10.2 Å². The third-order valence-electron chi connectivity index (χ3n) is 3.88. The molecule has 6 heteroatoms. The molecular formula is C15H21ClFIN2O. The van der Waals surface area contributed by atoms with Gasteiger partial charge in [0.2, 0.25) is 0 Å². The Balaban J connectivity index is 0.00000220. The molecule has 1 aromatic rings. The maximum Gasteiger partial charge on any atom is 0.257 e. The molecule has 1 aromatic carbocycles. The van der Waals surface area contributed by atoms with Gasteiger partial charge in [-0.25, -0.2) is 4.39 Å². The Morgan fingerprint density at radius 1 is 1.43 bits per heavy atom. The van der Waals surface area contributed by atoms with Crippen LogP contribution in [0.1, 0.15) is 29.6 Å². The molecule has 1 heterocycles. The summed E-state index contributed by atoms with van der Waals surface area (Å²) in [4.78, 5) is 14.2. The molecule has 21 heavy (non-hydrogen) atoms. The van der Waals surface area contributed by atoms with Crippen molar-refractivity contribution in [3.63, 3.8) is 0 Å². The van der Waals surface area contributed by atoms with Crippen LogP contribution in [0.3, 0.4) is 0 Å². The van der Waals surface area contributed by atoms with Crippen LogP contribution >= 0.6 is 35.0 Å². The van der Waals surface area contributed by atoms with E-state index in [9.17, 15) is 9.18 Å². The van der Waals surface area contributed by atoms with Crippen molar-refractivity contribution >= 4 is 40.9 Å². The Morgan fingerprint density at radius 2 is 2.10 bits per heavy atom. The smallest absolute Gasteiger partial charge is 0.257 e. The molecule has 1 saturated heterocycles. The van der Waals surface area contributed by atoms with Crippen molar-refractivity contribution < 1.29 is 9.18 Å². The van der Waals surface area contributed by atoms with E-state index in [0.29, 0.717) is 9.49 Å². The zero-order valence-corrected chi connectivity index (χ0v) is 15.0. The summed E-state index contributed by atoms with van der Waals surface area (Å²) >= 11 is 2.02. The predicted molar refractivity (Wildman–Crippen MR) is 93.5 cm³/mol. The number of nitrogens with one attached hydrogen (secondary N) is 1. The highest BCUT2D eigenvalue weighted by Gasteiger charge is 2.26. The van der Waals surface area contributed by atoms with Crippen molar-refractivity contribution in [1.29, 1.82) is 0 Å². The Kier molecular flexibility index (Phi) is 7.90. The van der Waals surface area contributed by atoms with Crippen molar-refractivity contribution in [2.24, 2.45) is 5.92 Å². The average Bonchev–Trinajstić information content (AvgIpc) is 2.45. The first-order valence-corrected chi connectivity index (χ1v) is 8.09. The first kappa shape index (κ1) is 18.6. The molecule has 0 saturated carbocycles. The van der Waals surface area contributed by atoms with E-state index in [2.05, 4.69) is 5.32 Å². The fourth-order valence-corrected chi connectivity index (χ4v) is 3.33. The zero-order valence-electron chi connectivity index (χ0n) is 12.1. The molecule has 0 aliphatic carbocycles. The quantitative estimate of drug-likeness (QED) is 0.749. The van der Waals surface area contributed by atoms with Gasteiger partial charge in [0.15, 0.2) is 0 Å². The zero-order chi connectivity index (χ0) is 14.5. The third-order valence-corrected chi connectivity index (χ3v) is 4.78. The molecule has 118 valence electrons. The molecule has 1 aliphatic heterocycles. The normalized spacial score (nSPS) is 15.7. The van der Waals surface area contributed by atoms with Gasteiger partial charge in [-0.05, 0) is 73.5 Å². The van der Waals surface area contributed by atoms with Crippen LogP contribution in [0.5, 0.6) is 0 Å². The minimum absolute atomic E-state index is 0. The Labute approximate surface area is 145 Å². The van der Waals surface area contributed by atoms with E-state index in [4.69, 9.17) is 0 Å². The fraction of sp³-hybridized carbons (Fsp3) is 0.533. The molecule has 2 rings (SSSR count). The number of piperidine rings is 1. The molecule has 1 amide bonds.